The lowest BCUT2D eigenvalue weighted by atomic mass is 9.99. The van der Waals surface area contributed by atoms with E-state index in [4.69, 9.17) is 16.3 Å². The molecule has 4 heteroatoms. The first kappa shape index (κ1) is 14.6. The minimum atomic E-state index is 0.688. The molecule has 0 bridgehead atoms. The maximum atomic E-state index is 6.15. The van der Waals surface area contributed by atoms with Gasteiger partial charge in [0.05, 0.1) is 12.1 Å². The van der Waals surface area contributed by atoms with Gasteiger partial charge in [0.25, 0.3) is 0 Å². The third-order valence-corrected chi connectivity index (χ3v) is 3.93. The SMILES string of the molecule is COc1ccc(CN(C)CC2CCCNC2)cc1Cl. The Labute approximate surface area is 120 Å². The summed E-state index contributed by atoms with van der Waals surface area (Å²) in [5, 5.41) is 4.15. The molecule has 0 saturated carbocycles. The molecule has 106 valence electrons. The number of hydrogen-bond donors (Lipinski definition) is 1. The van der Waals surface area contributed by atoms with Crippen molar-refractivity contribution < 1.29 is 4.74 Å². The Morgan fingerprint density at radius 2 is 2.32 bits per heavy atom. The average molecular weight is 283 g/mol. The normalized spacial score (nSPS) is 19.7. The number of halogens is 1. The lowest BCUT2D eigenvalue weighted by Crippen LogP contribution is -2.36. The van der Waals surface area contributed by atoms with Crippen LogP contribution in [0.1, 0.15) is 18.4 Å². The summed E-state index contributed by atoms with van der Waals surface area (Å²) in [6, 6.07) is 6.02. The summed E-state index contributed by atoms with van der Waals surface area (Å²) >= 11 is 6.15. The highest BCUT2D eigenvalue weighted by atomic mass is 35.5. The summed E-state index contributed by atoms with van der Waals surface area (Å²) in [5.74, 6) is 1.51. The lowest BCUT2D eigenvalue weighted by molar-refractivity contribution is 0.237. The summed E-state index contributed by atoms with van der Waals surface area (Å²) < 4.78 is 5.17. The number of hydrogen-bond acceptors (Lipinski definition) is 3. The van der Waals surface area contributed by atoms with E-state index in [1.165, 1.54) is 24.9 Å². The second kappa shape index (κ2) is 7.13. The first-order valence-corrected chi connectivity index (χ1v) is 7.28. The molecule has 19 heavy (non-hydrogen) atoms. The van der Waals surface area contributed by atoms with E-state index in [9.17, 15) is 0 Å². The highest BCUT2D eigenvalue weighted by Gasteiger charge is 2.15. The number of nitrogens with zero attached hydrogens (tertiary/aromatic N) is 1. The van der Waals surface area contributed by atoms with Gasteiger partial charge in [-0.25, -0.2) is 0 Å². The van der Waals surface area contributed by atoms with Crippen molar-refractivity contribution >= 4 is 11.6 Å². The van der Waals surface area contributed by atoms with E-state index in [1.54, 1.807) is 7.11 Å². The average Bonchev–Trinajstić information content (AvgIpc) is 2.40. The second-order valence-electron chi connectivity index (χ2n) is 5.38. The molecule has 1 aliphatic rings. The molecule has 1 saturated heterocycles. The van der Waals surface area contributed by atoms with Gasteiger partial charge in [0.1, 0.15) is 5.75 Å². The zero-order chi connectivity index (χ0) is 13.7. The van der Waals surface area contributed by atoms with E-state index in [-0.39, 0.29) is 0 Å². The van der Waals surface area contributed by atoms with Crippen LogP contribution in [0.5, 0.6) is 5.75 Å². The molecule has 0 radical (unpaired) electrons. The molecule has 1 heterocycles. The standard InChI is InChI=1S/C15H23ClN2O/c1-18(11-13-4-3-7-17-9-13)10-12-5-6-15(19-2)14(16)8-12/h5-6,8,13,17H,3-4,7,9-11H2,1-2H3. The van der Waals surface area contributed by atoms with Crippen LogP contribution in [0.25, 0.3) is 0 Å². The molecule has 0 aromatic heterocycles. The number of benzene rings is 1. The third-order valence-electron chi connectivity index (χ3n) is 3.64. The molecule has 3 nitrogen and oxygen atoms in total. The predicted molar refractivity (Wildman–Crippen MR) is 79.9 cm³/mol. The van der Waals surface area contributed by atoms with Crippen molar-refractivity contribution in [1.82, 2.24) is 10.2 Å². The van der Waals surface area contributed by atoms with E-state index in [2.05, 4.69) is 23.3 Å². The van der Waals surface area contributed by atoms with Crippen molar-refractivity contribution in [1.29, 1.82) is 0 Å². The fraction of sp³-hybridized carbons (Fsp3) is 0.600. The minimum absolute atomic E-state index is 0.688. The zero-order valence-corrected chi connectivity index (χ0v) is 12.5. The minimum Gasteiger partial charge on any atom is -0.495 e. The summed E-state index contributed by atoms with van der Waals surface area (Å²) in [4.78, 5) is 2.37. The Bertz CT molecular complexity index is 405. The van der Waals surface area contributed by atoms with Crippen molar-refractivity contribution in [2.24, 2.45) is 5.92 Å². The summed E-state index contributed by atoms with van der Waals surface area (Å²) in [6.45, 7) is 4.39. The fourth-order valence-electron chi connectivity index (χ4n) is 2.71. The van der Waals surface area contributed by atoms with Crippen LogP contribution < -0.4 is 10.1 Å². The topological polar surface area (TPSA) is 24.5 Å². The molecule has 0 aliphatic carbocycles. The van der Waals surface area contributed by atoms with Gasteiger partial charge in [-0.1, -0.05) is 17.7 Å². The fourth-order valence-corrected chi connectivity index (χ4v) is 2.99. The number of nitrogens with one attached hydrogen (secondary N) is 1. The lowest BCUT2D eigenvalue weighted by Gasteiger charge is -2.27. The molecule has 1 aromatic rings. The van der Waals surface area contributed by atoms with Crippen molar-refractivity contribution in [2.45, 2.75) is 19.4 Å². The Balaban J connectivity index is 1.87. The predicted octanol–water partition coefficient (Wildman–Crippen LogP) is 2.78. The molecule has 1 aliphatic heterocycles. The van der Waals surface area contributed by atoms with Crippen LogP contribution in [0.15, 0.2) is 18.2 Å². The molecule has 1 aromatic carbocycles. The summed E-state index contributed by atoms with van der Waals surface area (Å²) in [5.41, 5.74) is 1.23. The molecule has 0 spiro atoms. The van der Waals surface area contributed by atoms with Crippen LogP contribution in [-0.2, 0) is 6.54 Å². The molecular weight excluding hydrogens is 260 g/mol. The van der Waals surface area contributed by atoms with Gasteiger partial charge >= 0.3 is 0 Å². The smallest absolute Gasteiger partial charge is 0.137 e. The molecule has 0 amide bonds. The maximum absolute atomic E-state index is 6.15. The van der Waals surface area contributed by atoms with E-state index in [0.29, 0.717) is 5.02 Å². The number of rotatable bonds is 5. The van der Waals surface area contributed by atoms with Gasteiger partial charge in [0, 0.05) is 13.1 Å². The summed E-state index contributed by atoms with van der Waals surface area (Å²) in [7, 11) is 3.82. The quantitative estimate of drug-likeness (QED) is 0.899. The second-order valence-corrected chi connectivity index (χ2v) is 5.79. The molecule has 1 atom stereocenters. The van der Waals surface area contributed by atoms with E-state index in [1.807, 2.05) is 12.1 Å². The first-order chi connectivity index (χ1) is 9.19. The Kier molecular flexibility index (Phi) is 5.49. The molecule has 2 rings (SSSR count). The maximum Gasteiger partial charge on any atom is 0.137 e. The van der Waals surface area contributed by atoms with Crippen LogP contribution in [0, 0.1) is 5.92 Å². The van der Waals surface area contributed by atoms with E-state index < -0.39 is 0 Å². The van der Waals surface area contributed by atoms with Crippen molar-refractivity contribution in [3.8, 4) is 5.75 Å². The highest BCUT2D eigenvalue weighted by molar-refractivity contribution is 6.32. The highest BCUT2D eigenvalue weighted by Crippen LogP contribution is 2.25. The third kappa shape index (κ3) is 4.37. The van der Waals surface area contributed by atoms with Gasteiger partial charge in [-0.2, -0.15) is 0 Å². The van der Waals surface area contributed by atoms with Gasteiger partial charge in [0.2, 0.25) is 0 Å². The van der Waals surface area contributed by atoms with E-state index >= 15 is 0 Å². The molecular formula is C15H23ClN2O. The largest absolute Gasteiger partial charge is 0.495 e. The van der Waals surface area contributed by atoms with Gasteiger partial charge in [-0.15, -0.1) is 0 Å². The summed E-state index contributed by atoms with van der Waals surface area (Å²) in [6.07, 6.45) is 2.63. The van der Waals surface area contributed by atoms with Crippen LogP contribution in [0.2, 0.25) is 5.02 Å². The van der Waals surface area contributed by atoms with Crippen molar-refractivity contribution in [3.05, 3.63) is 28.8 Å². The van der Waals surface area contributed by atoms with Gasteiger partial charge in [-0.05, 0) is 56.6 Å². The molecule has 1 unspecified atom stereocenters. The van der Waals surface area contributed by atoms with Crippen LogP contribution in [0.4, 0.5) is 0 Å². The van der Waals surface area contributed by atoms with Crippen LogP contribution in [-0.4, -0.2) is 38.7 Å². The van der Waals surface area contributed by atoms with Crippen molar-refractivity contribution in [2.75, 3.05) is 33.8 Å². The zero-order valence-electron chi connectivity index (χ0n) is 11.8. The van der Waals surface area contributed by atoms with Crippen LogP contribution >= 0.6 is 11.6 Å². The molecule has 1 fully saturated rings. The van der Waals surface area contributed by atoms with Gasteiger partial charge in [0.15, 0.2) is 0 Å². The van der Waals surface area contributed by atoms with Crippen molar-refractivity contribution in [3.63, 3.8) is 0 Å². The Hall–Kier alpha value is -0.770. The van der Waals surface area contributed by atoms with Crippen LogP contribution in [0.3, 0.4) is 0 Å². The Morgan fingerprint density at radius 1 is 1.47 bits per heavy atom. The molecule has 1 N–H and O–H groups in total. The van der Waals surface area contributed by atoms with Gasteiger partial charge < -0.3 is 15.0 Å². The number of methoxy groups -OCH3 is 1. The van der Waals surface area contributed by atoms with Gasteiger partial charge in [-0.3, -0.25) is 0 Å². The first-order valence-electron chi connectivity index (χ1n) is 6.90. The Morgan fingerprint density at radius 3 is 2.95 bits per heavy atom. The number of piperidine rings is 1. The van der Waals surface area contributed by atoms with E-state index in [0.717, 1.165) is 31.3 Å². The number of ether oxygens (including phenoxy) is 1. The monoisotopic (exact) mass is 282 g/mol.